The number of anilines is 3. The number of carbonyl (C=O) groups is 1. The highest BCUT2D eigenvalue weighted by molar-refractivity contribution is 6.06. The van der Waals surface area contributed by atoms with Gasteiger partial charge in [-0.3, -0.25) is 4.79 Å². The van der Waals surface area contributed by atoms with Crippen molar-refractivity contribution in [2.24, 2.45) is 0 Å². The highest BCUT2D eigenvalue weighted by atomic mass is 16.1. The Balaban J connectivity index is 2.04. The molecule has 0 aliphatic carbocycles. The van der Waals surface area contributed by atoms with Gasteiger partial charge in [-0.2, -0.15) is 5.26 Å². The van der Waals surface area contributed by atoms with E-state index in [2.05, 4.69) is 29.4 Å². The van der Waals surface area contributed by atoms with E-state index < -0.39 is 5.91 Å². The second kappa shape index (κ2) is 9.28. The summed E-state index contributed by atoms with van der Waals surface area (Å²) < 4.78 is 0. The summed E-state index contributed by atoms with van der Waals surface area (Å²) in [4.78, 5) is 14.5. The average molecular weight is 348 g/mol. The van der Waals surface area contributed by atoms with Crippen LogP contribution in [0, 0.1) is 18.3 Å². The molecule has 0 aliphatic heterocycles. The first-order valence-electron chi connectivity index (χ1n) is 8.67. The summed E-state index contributed by atoms with van der Waals surface area (Å²) in [6.45, 7) is 8.07. The van der Waals surface area contributed by atoms with Crippen LogP contribution in [0.4, 0.5) is 17.1 Å². The van der Waals surface area contributed by atoms with Crippen molar-refractivity contribution in [2.75, 3.05) is 28.6 Å². The minimum Gasteiger partial charge on any atom is -0.372 e. The average Bonchev–Trinajstić information content (AvgIpc) is 2.64. The van der Waals surface area contributed by atoms with Crippen molar-refractivity contribution < 1.29 is 4.79 Å². The van der Waals surface area contributed by atoms with Gasteiger partial charge in [0, 0.05) is 36.4 Å². The number of rotatable bonds is 7. The molecule has 0 bridgehead atoms. The number of amides is 1. The van der Waals surface area contributed by atoms with Gasteiger partial charge in [-0.25, -0.2) is 0 Å². The first-order chi connectivity index (χ1) is 12.6. The molecular formula is C21H24N4O. The molecular weight excluding hydrogens is 324 g/mol. The molecule has 0 saturated heterocycles. The van der Waals surface area contributed by atoms with E-state index in [1.54, 1.807) is 6.07 Å². The van der Waals surface area contributed by atoms with Crippen LogP contribution < -0.4 is 15.5 Å². The maximum atomic E-state index is 12.2. The molecule has 1 amide bonds. The Bertz CT molecular complexity index is 815. The summed E-state index contributed by atoms with van der Waals surface area (Å²) in [6, 6.07) is 17.3. The van der Waals surface area contributed by atoms with Gasteiger partial charge in [0.1, 0.15) is 11.6 Å². The predicted octanol–water partition coefficient (Wildman–Crippen LogP) is 4.30. The van der Waals surface area contributed by atoms with Crippen LogP contribution in [-0.2, 0) is 4.79 Å². The van der Waals surface area contributed by atoms with E-state index in [1.165, 1.54) is 6.20 Å². The lowest BCUT2D eigenvalue weighted by atomic mass is 10.2. The number of nitrogens with zero attached hydrogens (tertiary/aromatic N) is 2. The summed E-state index contributed by atoms with van der Waals surface area (Å²) in [7, 11) is 0. The molecule has 2 N–H and O–H groups in total. The van der Waals surface area contributed by atoms with Crippen molar-refractivity contribution in [3.05, 3.63) is 65.9 Å². The molecule has 0 radical (unpaired) electrons. The maximum Gasteiger partial charge on any atom is 0.267 e. The molecule has 0 atom stereocenters. The third kappa shape index (κ3) is 5.12. The number of nitriles is 1. The predicted molar refractivity (Wildman–Crippen MR) is 107 cm³/mol. The van der Waals surface area contributed by atoms with E-state index in [9.17, 15) is 10.1 Å². The molecule has 0 fully saturated rings. The van der Waals surface area contributed by atoms with Crippen molar-refractivity contribution in [2.45, 2.75) is 20.8 Å². The van der Waals surface area contributed by atoms with Gasteiger partial charge in [-0.1, -0.05) is 12.1 Å². The van der Waals surface area contributed by atoms with Crippen LogP contribution in [0.1, 0.15) is 19.4 Å². The second-order valence-corrected chi connectivity index (χ2v) is 5.86. The van der Waals surface area contributed by atoms with Gasteiger partial charge >= 0.3 is 0 Å². The van der Waals surface area contributed by atoms with Crippen molar-refractivity contribution in [3.8, 4) is 6.07 Å². The van der Waals surface area contributed by atoms with Crippen LogP contribution in [0.2, 0.25) is 0 Å². The zero-order valence-corrected chi connectivity index (χ0v) is 15.4. The molecule has 2 rings (SSSR count). The van der Waals surface area contributed by atoms with Crippen LogP contribution in [0.15, 0.2) is 60.3 Å². The number of hydrogen-bond acceptors (Lipinski definition) is 4. The van der Waals surface area contributed by atoms with Gasteiger partial charge in [0.2, 0.25) is 0 Å². The minimum atomic E-state index is -0.439. The molecule has 0 spiro atoms. The molecule has 0 unspecified atom stereocenters. The summed E-state index contributed by atoms with van der Waals surface area (Å²) >= 11 is 0. The standard InChI is InChI=1S/C21H24N4O/c1-4-25(5-2)20-11-9-18(10-12-20)23-15-17(14-22)21(26)24-19-8-6-7-16(3)13-19/h6-13,15,23H,4-5H2,1-3H3,(H,24,26)/b17-15-. The summed E-state index contributed by atoms with van der Waals surface area (Å²) in [5, 5.41) is 15.0. The van der Waals surface area contributed by atoms with E-state index >= 15 is 0 Å². The molecule has 134 valence electrons. The van der Waals surface area contributed by atoms with Crippen LogP contribution >= 0.6 is 0 Å². The molecule has 5 nitrogen and oxygen atoms in total. The van der Waals surface area contributed by atoms with Gasteiger partial charge in [0.15, 0.2) is 0 Å². The van der Waals surface area contributed by atoms with E-state index in [1.807, 2.05) is 55.5 Å². The van der Waals surface area contributed by atoms with Gasteiger partial charge in [-0.15, -0.1) is 0 Å². The van der Waals surface area contributed by atoms with Crippen molar-refractivity contribution >= 4 is 23.0 Å². The summed E-state index contributed by atoms with van der Waals surface area (Å²) in [6.07, 6.45) is 1.43. The smallest absolute Gasteiger partial charge is 0.267 e. The zero-order chi connectivity index (χ0) is 18.9. The third-order valence-electron chi connectivity index (χ3n) is 4.02. The maximum absolute atomic E-state index is 12.2. The van der Waals surface area contributed by atoms with E-state index in [-0.39, 0.29) is 5.57 Å². The second-order valence-electron chi connectivity index (χ2n) is 5.86. The number of aryl methyl sites for hydroxylation is 1. The molecule has 2 aromatic rings. The Hall–Kier alpha value is -3.26. The van der Waals surface area contributed by atoms with Gasteiger partial charge in [-0.05, 0) is 62.7 Å². The first kappa shape index (κ1) is 19.1. The molecule has 2 aromatic carbocycles. The molecule has 5 heteroatoms. The van der Waals surface area contributed by atoms with Crippen molar-refractivity contribution in [3.63, 3.8) is 0 Å². The fourth-order valence-electron chi connectivity index (χ4n) is 2.58. The fourth-order valence-corrected chi connectivity index (χ4v) is 2.58. The quantitative estimate of drug-likeness (QED) is 0.578. The van der Waals surface area contributed by atoms with Crippen LogP contribution in [0.25, 0.3) is 0 Å². The molecule has 0 aromatic heterocycles. The highest BCUT2D eigenvalue weighted by Crippen LogP contribution is 2.18. The number of nitrogens with one attached hydrogen (secondary N) is 2. The van der Waals surface area contributed by atoms with Crippen molar-refractivity contribution in [1.29, 1.82) is 5.26 Å². The molecule has 0 aliphatic rings. The lowest BCUT2D eigenvalue weighted by Crippen LogP contribution is -2.21. The van der Waals surface area contributed by atoms with Crippen molar-refractivity contribution in [1.82, 2.24) is 0 Å². The van der Waals surface area contributed by atoms with E-state index in [4.69, 9.17) is 0 Å². The lowest BCUT2D eigenvalue weighted by Gasteiger charge is -2.21. The van der Waals surface area contributed by atoms with Crippen LogP contribution in [-0.4, -0.2) is 19.0 Å². The summed E-state index contributed by atoms with van der Waals surface area (Å²) in [5.74, 6) is -0.439. The van der Waals surface area contributed by atoms with Crippen LogP contribution in [0.5, 0.6) is 0 Å². The van der Waals surface area contributed by atoms with Gasteiger partial charge in [0.05, 0.1) is 0 Å². The minimum absolute atomic E-state index is 0.0133. The topological polar surface area (TPSA) is 68.2 Å². The first-order valence-corrected chi connectivity index (χ1v) is 8.67. The SMILES string of the molecule is CCN(CC)c1ccc(N/C=C(/C#N)C(=O)Nc2cccc(C)c2)cc1. The Morgan fingerprint density at radius 1 is 1.12 bits per heavy atom. The van der Waals surface area contributed by atoms with E-state index in [0.29, 0.717) is 5.69 Å². The van der Waals surface area contributed by atoms with Crippen LogP contribution in [0.3, 0.4) is 0 Å². The Kier molecular flexibility index (Phi) is 6.81. The Morgan fingerprint density at radius 3 is 2.38 bits per heavy atom. The largest absolute Gasteiger partial charge is 0.372 e. The Labute approximate surface area is 154 Å². The monoisotopic (exact) mass is 348 g/mol. The number of carbonyl (C=O) groups excluding carboxylic acids is 1. The fraction of sp³-hybridized carbons (Fsp3) is 0.238. The third-order valence-corrected chi connectivity index (χ3v) is 4.02. The molecule has 0 saturated carbocycles. The summed E-state index contributed by atoms with van der Waals surface area (Å²) in [5.41, 5.74) is 3.68. The van der Waals surface area contributed by atoms with Gasteiger partial charge < -0.3 is 15.5 Å². The molecule has 0 heterocycles. The lowest BCUT2D eigenvalue weighted by molar-refractivity contribution is -0.112. The number of benzene rings is 2. The molecule has 26 heavy (non-hydrogen) atoms. The highest BCUT2D eigenvalue weighted by Gasteiger charge is 2.09. The number of hydrogen-bond donors (Lipinski definition) is 2. The Morgan fingerprint density at radius 2 is 1.81 bits per heavy atom. The zero-order valence-electron chi connectivity index (χ0n) is 15.4. The van der Waals surface area contributed by atoms with E-state index in [0.717, 1.165) is 30.0 Å². The van der Waals surface area contributed by atoms with Gasteiger partial charge in [0.25, 0.3) is 5.91 Å². The normalized spacial score (nSPS) is 10.8.